The van der Waals surface area contributed by atoms with Crippen molar-refractivity contribution in [3.8, 4) is 5.75 Å². The molecular formula is C16H23NO3. The van der Waals surface area contributed by atoms with Gasteiger partial charge in [0.05, 0.1) is 19.6 Å². The van der Waals surface area contributed by atoms with Crippen molar-refractivity contribution in [2.75, 3.05) is 7.11 Å². The lowest BCUT2D eigenvalue weighted by molar-refractivity contribution is -0.127. The van der Waals surface area contributed by atoms with E-state index in [4.69, 9.17) is 4.74 Å². The molecule has 4 heteroatoms. The summed E-state index contributed by atoms with van der Waals surface area (Å²) in [6, 6.07) is 5.28. The second-order valence-corrected chi connectivity index (χ2v) is 5.39. The number of hydrogen-bond acceptors (Lipinski definition) is 3. The van der Waals surface area contributed by atoms with Gasteiger partial charge in [0.2, 0.25) is 5.91 Å². The molecule has 0 aliphatic carbocycles. The van der Waals surface area contributed by atoms with Crippen LogP contribution >= 0.6 is 0 Å². The van der Waals surface area contributed by atoms with E-state index in [1.165, 1.54) is 6.92 Å². The van der Waals surface area contributed by atoms with Gasteiger partial charge < -0.3 is 10.1 Å². The minimum atomic E-state index is -0.432. The first-order valence-electron chi connectivity index (χ1n) is 6.78. The van der Waals surface area contributed by atoms with Gasteiger partial charge in [-0.25, -0.2) is 0 Å². The molecule has 0 fully saturated rings. The van der Waals surface area contributed by atoms with Crippen molar-refractivity contribution in [3.63, 3.8) is 0 Å². The first-order chi connectivity index (χ1) is 9.35. The number of rotatable bonds is 6. The first kappa shape index (κ1) is 16.2. The van der Waals surface area contributed by atoms with Gasteiger partial charge >= 0.3 is 0 Å². The van der Waals surface area contributed by atoms with E-state index in [-0.39, 0.29) is 24.0 Å². The van der Waals surface area contributed by atoms with Crippen LogP contribution in [0.2, 0.25) is 0 Å². The van der Waals surface area contributed by atoms with Crippen LogP contribution in [-0.4, -0.2) is 24.8 Å². The maximum absolute atomic E-state index is 12.1. The van der Waals surface area contributed by atoms with Crippen LogP contribution in [0.25, 0.3) is 0 Å². The van der Waals surface area contributed by atoms with Gasteiger partial charge in [0, 0.05) is 5.56 Å². The van der Waals surface area contributed by atoms with Crippen molar-refractivity contribution in [2.24, 2.45) is 5.92 Å². The highest BCUT2D eigenvalue weighted by atomic mass is 16.5. The number of carbonyl (C=O) groups is 2. The summed E-state index contributed by atoms with van der Waals surface area (Å²) in [5.74, 6) is 0.581. The standard InChI is InChI=1S/C16H23NO3/c1-10(2)16(12(4)18)17-15(19)9-13-8-11(3)6-7-14(13)20-5/h6-8,10,16H,9H2,1-5H3,(H,17,19)/t16-/m0/s1. The summed E-state index contributed by atoms with van der Waals surface area (Å²) >= 11 is 0. The first-order valence-corrected chi connectivity index (χ1v) is 6.78. The number of ketones is 1. The molecule has 4 nitrogen and oxygen atoms in total. The maximum atomic E-state index is 12.1. The van der Waals surface area contributed by atoms with Gasteiger partial charge in [-0.1, -0.05) is 31.5 Å². The fourth-order valence-corrected chi connectivity index (χ4v) is 2.18. The van der Waals surface area contributed by atoms with Gasteiger partial charge in [-0.2, -0.15) is 0 Å². The van der Waals surface area contributed by atoms with Crippen LogP contribution in [0.3, 0.4) is 0 Å². The number of methoxy groups -OCH3 is 1. The van der Waals surface area contributed by atoms with Crippen LogP contribution in [-0.2, 0) is 16.0 Å². The third-order valence-corrected chi connectivity index (χ3v) is 3.21. The summed E-state index contributed by atoms with van der Waals surface area (Å²) < 4.78 is 5.25. The van der Waals surface area contributed by atoms with Gasteiger partial charge in [0.15, 0.2) is 5.78 Å². The predicted molar refractivity (Wildman–Crippen MR) is 78.9 cm³/mol. The van der Waals surface area contributed by atoms with E-state index in [2.05, 4.69) is 5.32 Å². The second kappa shape index (κ2) is 7.08. The Balaban J connectivity index is 2.80. The minimum Gasteiger partial charge on any atom is -0.496 e. The molecule has 0 aliphatic rings. The van der Waals surface area contributed by atoms with E-state index >= 15 is 0 Å². The number of benzene rings is 1. The highest BCUT2D eigenvalue weighted by molar-refractivity contribution is 5.88. The van der Waals surface area contributed by atoms with E-state index in [9.17, 15) is 9.59 Å². The molecule has 0 bridgehead atoms. The molecule has 1 N–H and O–H groups in total. The second-order valence-electron chi connectivity index (χ2n) is 5.39. The number of nitrogens with one attached hydrogen (secondary N) is 1. The van der Waals surface area contributed by atoms with Crippen molar-refractivity contribution in [1.82, 2.24) is 5.32 Å². The maximum Gasteiger partial charge on any atom is 0.225 e. The van der Waals surface area contributed by atoms with Crippen molar-refractivity contribution >= 4 is 11.7 Å². The number of aryl methyl sites for hydroxylation is 1. The van der Waals surface area contributed by atoms with Gasteiger partial charge in [-0.3, -0.25) is 9.59 Å². The quantitative estimate of drug-likeness (QED) is 0.868. The zero-order valence-corrected chi connectivity index (χ0v) is 12.8. The Kier molecular flexibility index (Phi) is 5.74. The van der Waals surface area contributed by atoms with E-state index in [0.29, 0.717) is 5.75 Å². The Labute approximate surface area is 120 Å². The highest BCUT2D eigenvalue weighted by Gasteiger charge is 2.21. The zero-order valence-electron chi connectivity index (χ0n) is 12.8. The molecule has 110 valence electrons. The number of amides is 1. The van der Waals surface area contributed by atoms with Gasteiger partial charge in [-0.15, -0.1) is 0 Å². The lowest BCUT2D eigenvalue weighted by Crippen LogP contribution is -2.44. The van der Waals surface area contributed by atoms with Crippen molar-refractivity contribution in [3.05, 3.63) is 29.3 Å². The molecule has 0 spiro atoms. The van der Waals surface area contributed by atoms with Gasteiger partial charge in [0.1, 0.15) is 5.75 Å². The topological polar surface area (TPSA) is 55.4 Å². The molecule has 0 radical (unpaired) electrons. The van der Waals surface area contributed by atoms with E-state index in [1.54, 1.807) is 7.11 Å². The molecule has 0 saturated carbocycles. The van der Waals surface area contributed by atoms with Gasteiger partial charge in [-0.05, 0) is 25.8 Å². The van der Waals surface area contributed by atoms with Crippen LogP contribution < -0.4 is 10.1 Å². The SMILES string of the molecule is COc1ccc(C)cc1CC(=O)N[C@H](C(C)=O)C(C)C. The number of ether oxygens (including phenoxy) is 1. The average molecular weight is 277 g/mol. The highest BCUT2D eigenvalue weighted by Crippen LogP contribution is 2.20. The molecule has 1 aromatic carbocycles. The summed E-state index contributed by atoms with van der Waals surface area (Å²) in [6.45, 7) is 7.30. The molecule has 1 atom stereocenters. The lowest BCUT2D eigenvalue weighted by Gasteiger charge is -2.20. The third kappa shape index (κ3) is 4.37. The minimum absolute atomic E-state index is 0.0236. The molecule has 1 aromatic rings. The van der Waals surface area contributed by atoms with Crippen LogP contribution in [0.5, 0.6) is 5.75 Å². The molecule has 0 aromatic heterocycles. The van der Waals surface area contributed by atoms with Crippen LogP contribution in [0.15, 0.2) is 18.2 Å². The van der Waals surface area contributed by atoms with Crippen molar-refractivity contribution < 1.29 is 14.3 Å². The molecule has 0 unspecified atom stereocenters. The smallest absolute Gasteiger partial charge is 0.225 e. The predicted octanol–water partition coefficient (Wildman–Crippen LogP) is 2.28. The number of Topliss-reactive ketones (excluding diaryl/α,β-unsaturated/α-hetero) is 1. The van der Waals surface area contributed by atoms with Crippen LogP contribution in [0.4, 0.5) is 0 Å². The lowest BCUT2D eigenvalue weighted by atomic mass is 10.00. The molecule has 1 amide bonds. The van der Waals surface area contributed by atoms with Crippen LogP contribution in [0.1, 0.15) is 31.9 Å². The summed E-state index contributed by atoms with van der Waals surface area (Å²) in [5, 5.41) is 2.79. The zero-order chi connectivity index (χ0) is 15.3. The fourth-order valence-electron chi connectivity index (χ4n) is 2.18. The van der Waals surface area contributed by atoms with Crippen LogP contribution in [0, 0.1) is 12.8 Å². The van der Waals surface area contributed by atoms with Crippen molar-refractivity contribution in [1.29, 1.82) is 0 Å². The Morgan fingerprint density at radius 3 is 2.45 bits per heavy atom. The summed E-state index contributed by atoms with van der Waals surface area (Å²) in [6.07, 6.45) is 0.210. The van der Waals surface area contributed by atoms with Gasteiger partial charge in [0.25, 0.3) is 0 Å². The molecular weight excluding hydrogens is 254 g/mol. The fraction of sp³-hybridized carbons (Fsp3) is 0.500. The summed E-state index contributed by atoms with van der Waals surface area (Å²) in [5.41, 5.74) is 1.90. The largest absolute Gasteiger partial charge is 0.496 e. The normalized spacial score (nSPS) is 12.1. The molecule has 1 rings (SSSR count). The molecule has 0 aliphatic heterocycles. The molecule has 20 heavy (non-hydrogen) atoms. The third-order valence-electron chi connectivity index (χ3n) is 3.21. The summed E-state index contributed by atoms with van der Waals surface area (Å²) in [7, 11) is 1.58. The number of carbonyl (C=O) groups excluding carboxylic acids is 2. The Morgan fingerprint density at radius 2 is 1.95 bits per heavy atom. The van der Waals surface area contributed by atoms with E-state index < -0.39 is 6.04 Å². The monoisotopic (exact) mass is 277 g/mol. The molecule has 0 saturated heterocycles. The number of hydrogen-bond donors (Lipinski definition) is 1. The van der Waals surface area contributed by atoms with Crippen molar-refractivity contribution in [2.45, 2.75) is 40.2 Å². The van der Waals surface area contributed by atoms with E-state index in [1.807, 2.05) is 39.0 Å². The Bertz CT molecular complexity index is 494. The molecule has 0 heterocycles. The van der Waals surface area contributed by atoms with E-state index in [0.717, 1.165) is 11.1 Å². The Hall–Kier alpha value is -1.84. The average Bonchev–Trinajstić information content (AvgIpc) is 2.35. The Morgan fingerprint density at radius 1 is 1.30 bits per heavy atom. The summed E-state index contributed by atoms with van der Waals surface area (Å²) in [4.78, 5) is 23.6.